The van der Waals surface area contributed by atoms with E-state index in [4.69, 9.17) is 18.9 Å². The molecule has 0 amide bonds. The summed E-state index contributed by atoms with van der Waals surface area (Å²) >= 11 is 0. The van der Waals surface area contributed by atoms with E-state index in [0.717, 1.165) is 47.9 Å². The Hall–Kier alpha value is -2.12. The van der Waals surface area contributed by atoms with Crippen molar-refractivity contribution in [3.8, 4) is 11.5 Å². The second-order valence-electron chi connectivity index (χ2n) is 19.5. The molecule has 2 atom stereocenters. The smallest absolute Gasteiger partial charge is 0.157 e. The Morgan fingerprint density at radius 2 is 0.776 bits per heavy atom. The molecule has 0 radical (unpaired) electrons. The highest BCUT2D eigenvalue weighted by molar-refractivity contribution is 5.51. The van der Waals surface area contributed by atoms with Crippen molar-refractivity contribution in [2.24, 2.45) is 5.41 Å². The van der Waals surface area contributed by atoms with Crippen molar-refractivity contribution in [3.05, 3.63) is 57.6 Å². The Bertz CT molecular complexity index is 1230. The average molecular weight is 681 g/mol. The molecule has 6 nitrogen and oxygen atoms in total. The van der Waals surface area contributed by atoms with E-state index in [1.165, 1.54) is 11.1 Å². The van der Waals surface area contributed by atoms with E-state index < -0.39 is 0 Å². The van der Waals surface area contributed by atoms with E-state index in [2.05, 4.69) is 121 Å². The zero-order chi connectivity index (χ0) is 36.7. The summed E-state index contributed by atoms with van der Waals surface area (Å²) in [5, 5.41) is 22.3. The second kappa shape index (κ2) is 14.5. The van der Waals surface area contributed by atoms with Crippen molar-refractivity contribution in [2.75, 3.05) is 26.4 Å². The zero-order valence-electron chi connectivity index (χ0n) is 33.3. The van der Waals surface area contributed by atoms with Crippen LogP contribution in [0.5, 0.6) is 11.5 Å². The first-order valence-electron chi connectivity index (χ1n) is 18.6. The fraction of sp³-hybridized carbons (Fsp3) is 0.721. The van der Waals surface area contributed by atoms with Gasteiger partial charge in [0, 0.05) is 0 Å². The molecule has 0 bridgehead atoms. The lowest BCUT2D eigenvalue weighted by Gasteiger charge is -2.44. The predicted octanol–water partition coefficient (Wildman–Crippen LogP) is 10.5. The molecule has 276 valence electrons. The van der Waals surface area contributed by atoms with Crippen LogP contribution in [0.3, 0.4) is 0 Å². The highest BCUT2D eigenvalue weighted by Gasteiger charge is 2.42. The number of rotatable bonds is 8. The van der Waals surface area contributed by atoms with Crippen LogP contribution in [-0.4, -0.2) is 49.2 Å². The van der Waals surface area contributed by atoms with E-state index in [1.54, 1.807) is 0 Å². The van der Waals surface area contributed by atoms with Crippen LogP contribution in [0, 0.1) is 5.41 Å². The van der Waals surface area contributed by atoms with Crippen LogP contribution >= 0.6 is 0 Å². The van der Waals surface area contributed by atoms with Crippen molar-refractivity contribution < 1.29 is 29.2 Å². The molecule has 2 fully saturated rings. The summed E-state index contributed by atoms with van der Waals surface area (Å²) in [4.78, 5) is 0. The fourth-order valence-corrected chi connectivity index (χ4v) is 7.03. The fourth-order valence-electron chi connectivity index (χ4n) is 7.03. The van der Waals surface area contributed by atoms with Crippen LogP contribution in [-0.2, 0) is 40.6 Å². The van der Waals surface area contributed by atoms with Gasteiger partial charge in [-0.3, -0.25) is 0 Å². The van der Waals surface area contributed by atoms with Crippen molar-refractivity contribution in [2.45, 2.75) is 169 Å². The molecule has 2 heterocycles. The van der Waals surface area contributed by atoms with Gasteiger partial charge in [0.05, 0.1) is 31.8 Å². The molecule has 2 aliphatic rings. The number of hydrogen-bond acceptors (Lipinski definition) is 6. The van der Waals surface area contributed by atoms with E-state index in [1.807, 2.05) is 0 Å². The summed E-state index contributed by atoms with van der Waals surface area (Å²) in [6.45, 7) is 32.7. The number of phenolic OH excluding ortho intramolecular Hbond substituents is 2. The summed E-state index contributed by atoms with van der Waals surface area (Å²) in [5.41, 5.74) is 5.65. The van der Waals surface area contributed by atoms with Gasteiger partial charge in [-0.1, -0.05) is 121 Å². The molecule has 2 aliphatic heterocycles. The van der Waals surface area contributed by atoms with E-state index >= 15 is 0 Å². The van der Waals surface area contributed by atoms with Gasteiger partial charge in [-0.25, -0.2) is 0 Å². The van der Waals surface area contributed by atoms with Crippen LogP contribution in [0.1, 0.15) is 168 Å². The number of hydrogen-bond donors (Lipinski definition) is 2. The summed E-state index contributed by atoms with van der Waals surface area (Å²) < 4.78 is 25.1. The average Bonchev–Trinajstić information content (AvgIpc) is 2.98. The molecular formula is C43H68O6. The van der Waals surface area contributed by atoms with Crippen LogP contribution in [0.25, 0.3) is 0 Å². The molecule has 0 saturated carbocycles. The normalized spacial score (nSPS) is 23.9. The molecule has 0 aliphatic carbocycles. The van der Waals surface area contributed by atoms with Gasteiger partial charge in [-0.15, -0.1) is 0 Å². The first-order chi connectivity index (χ1) is 22.4. The number of aromatic hydroxyl groups is 2. The molecule has 6 heteroatoms. The summed E-state index contributed by atoms with van der Waals surface area (Å²) in [5.74, 6) is 1.46. The van der Waals surface area contributed by atoms with Gasteiger partial charge in [0.15, 0.2) is 12.6 Å². The molecule has 49 heavy (non-hydrogen) atoms. The first-order valence-corrected chi connectivity index (χ1v) is 18.6. The van der Waals surface area contributed by atoms with Gasteiger partial charge in [-0.05, 0) is 92.6 Å². The van der Waals surface area contributed by atoms with E-state index in [9.17, 15) is 10.2 Å². The molecule has 2 aromatic rings. The molecule has 2 saturated heterocycles. The quantitative estimate of drug-likeness (QED) is 0.289. The van der Waals surface area contributed by atoms with Crippen molar-refractivity contribution in [3.63, 3.8) is 0 Å². The minimum Gasteiger partial charge on any atom is -0.507 e. The number of benzene rings is 2. The van der Waals surface area contributed by atoms with Gasteiger partial charge in [0.25, 0.3) is 0 Å². The minimum absolute atomic E-state index is 0.149. The highest BCUT2D eigenvalue weighted by Crippen LogP contribution is 2.44. The van der Waals surface area contributed by atoms with Crippen molar-refractivity contribution in [1.82, 2.24) is 0 Å². The van der Waals surface area contributed by atoms with Gasteiger partial charge >= 0.3 is 0 Å². The topological polar surface area (TPSA) is 77.4 Å². The number of ether oxygens (including phenoxy) is 4. The summed E-state index contributed by atoms with van der Waals surface area (Å²) in [7, 11) is 0. The third kappa shape index (κ3) is 9.61. The van der Waals surface area contributed by atoms with Crippen LogP contribution < -0.4 is 0 Å². The first kappa shape index (κ1) is 39.7. The third-order valence-electron chi connectivity index (χ3n) is 10.6. The Balaban J connectivity index is 1.28. The van der Waals surface area contributed by atoms with Gasteiger partial charge in [0.2, 0.25) is 0 Å². The van der Waals surface area contributed by atoms with E-state index in [0.29, 0.717) is 49.8 Å². The van der Waals surface area contributed by atoms with Crippen molar-refractivity contribution >= 4 is 0 Å². The lowest BCUT2D eigenvalue weighted by atomic mass is 9.77. The summed E-state index contributed by atoms with van der Waals surface area (Å²) in [6.07, 6.45) is 2.99. The SMILES string of the molecule is CC(CCC1OCC2(CO1)COC(CCC(C)c1cc(C(C)(C)C)c(O)c(C(C)(C)C)c1)OC2)c1cc(C(C)(C)C)c(O)c(C(C)(C)C)c1. The Labute approximate surface area is 298 Å². The zero-order valence-corrected chi connectivity index (χ0v) is 33.3. The standard InChI is InChI=1S/C43H68O6/c1-27(29-19-31(39(3,4)5)37(44)32(20-29)40(6,7)8)15-17-35-46-23-43(24-47-35)25-48-36(49-26-43)18-16-28(2)30-21-33(41(9,10)11)38(45)34(22-30)42(12,13)14/h19-22,27-28,35-36,44-45H,15-18,23-26H2,1-14H3. The highest BCUT2D eigenvalue weighted by atomic mass is 16.7. The van der Waals surface area contributed by atoms with Crippen LogP contribution in [0.4, 0.5) is 0 Å². The summed E-state index contributed by atoms with van der Waals surface area (Å²) in [6, 6.07) is 8.77. The van der Waals surface area contributed by atoms with Gasteiger partial charge in [0.1, 0.15) is 11.5 Å². The molecule has 4 rings (SSSR count). The minimum atomic E-state index is -0.273. The Morgan fingerprint density at radius 3 is 1.00 bits per heavy atom. The van der Waals surface area contributed by atoms with Gasteiger partial charge < -0.3 is 29.2 Å². The molecular weight excluding hydrogens is 612 g/mol. The largest absolute Gasteiger partial charge is 0.507 e. The number of phenols is 2. The lowest BCUT2D eigenvalue weighted by Crippen LogP contribution is -2.52. The Kier molecular flexibility index (Phi) is 11.7. The maximum atomic E-state index is 11.1. The molecule has 0 aromatic heterocycles. The van der Waals surface area contributed by atoms with Gasteiger partial charge in [-0.2, -0.15) is 0 Å². The van der Waals surface area contributed by atoms with Crippen LogP contribution in [0.2, 0.25) is 0 Å². The van der Waals surface area contributed by atoms with Crippen LogP contribution in [0.15, 0.2) is 24.3 Å². The second-order valence-corrected chi connectivity index (χ2v) is 19.5. The third-order valence-corrected chi connectivity index (χ3v) is 10.6. The molecule has 1 spiro atoms. The molecule has 2 N–H and O–H groups in total. The Morgan fingerprint density at radius 1 is 0.531 bits per heavy atom. The monoisotopic (exact) mass is 681 g/mol. The molecule has 2 unspecified atom stereocenters. The maximum absolute atomic E-state index is 11.1. The van der Waals surface area contributed by atoms with E-state index in [-0.39, 0.29) is 39.7 Å². The van der Waals surface area contributed by atoms with Crippen molar-refractivity contribution in [1.29, 1.82) is 0 Å². The molecule has 2 aromatic carbocycles. The maximum Gasteiger partial charge on any atom is 0.157 e. The predicted molar refractivity (Wildman–Crippen MR) is 200 cm³/mol. The lowest BCUT2D eigenvalue weighted by molar-refractivity contribution is -0.304.